The van der Waals surface area contributed by atoms with Crippen LogP contribution in [-0.2, 0) is 6.42 Å². The van der Waals surface area contributed by atoms with Crippen LogP contribution in [0.1, 0.15) is 60.4 Å². The lowest BCUT2D eigenvalue weighted by molar-refractivity contribution is 0.624. The lowest BCUT2D eigenvalue weighted by atomic mass is 9.84. The molecule has 0 aliphatic heterocycles. The third kappa shape index (κ3) is 6.38. The van der Waals surface area contributed by atoms with Crippen LogP contribution in [0.2, 0.25) is 0 Å². The van der Waals surface area contributed by atoms with E-state index in [1.807, 2.05) is 0 Å². The van der Waals surface area contributed by atoms with Gasteiger partial charge in [-0.3, -0.25) is 0 Å². The Morgan fingerprint density at radius 3 is 1.41 bits per heavy atom. The van der Waals surface area contributed by atoms with Crippen LogP contribution in [0.4, 0.5) is 17.1 Å². The van der Waals surface area contributed by atoms with Crippen LogP contribution < -0.4 is 4.90 Å². The molecule has 0 amide bonds. The molecule has 0 heterocycles. The molecule has 0 saturated carbocycles. The molecule has 0 aliphatic carbocycles. The van der Waals surface area contributed by atoms with Gasteiger partial charge >= 0.3 is 0 Å². The molecule has 194 valence electrons. The number of para-hydroxylation sites is 1. The minimum atomic E-state index is 0.462. The molecule has 1 unspecified atom stereocenters. The van der Waals surface area contributed by atoms with Crippen molar-refractivity contribution in [2.24, 2.45) is 0 Å². The van der Waals surface area contributed by atoms with Crippen LogP contribution in [0.15, 0.2) is 133 Å². The fraction of sp³-hybridized carbons (Fsp3) is 0.158. The number of hydrogen-bond donors (Lipinski definition) is 0. The summed E-state index contributed by atoms with van der Waals surface area (Å²) in [5.74, 6) is 0.940. The summed E-state index contributed by atoms with van der Waals surface area (Å²) in [5.41, 5.74) is 9.97. The highest BCUT2D eigenvalue weighted by Crippen LogP contribution is 2.35. The highest BCUT2D eigenvalue weighted by molar-refractivity contribution is 5.78. The molecule has 0 N–H and O–H groups in total. The van der Waals surface area contributed by atoms with Crippen LogP contribution in [0.5, 0.6) is 0 Å². The molecule has 1 nitrogen and oxygen atoms in total. The second-order valence-corrected chi connectivity index (χ2v) is 10.3. The maximum Gasteiger partial charge on any atom is 0.0462 e. The highest BCUT2D eigenvalue weighted by atomic mass is 15.1. The van der Waals surface area contributed by atoms with Gasteiger partial charge in [-0.05, 0) is 82.5 Å². The number of nitrogens with zero attached hydrogens (tertiary/aromatic N) is 1. The molecule has 2 atom stereocenters. The van der Waals surface area contributed by atoms with E-state index in [0.717, 1.165) is 23.5 Å². The van der Waals surface area contributed by atoms with Gasteiger partial charge in [0.2, 0.25) is 0 Å². The molecular weight excluding hydrogens is 470 g/mol. The highest BCUT2D eigenvalue weighted by Gasteiger charge is 2.16. The minimum Gasteiger partial charge on any atom is -0.311 e. The van der Waals surface area contributed by atoms with E-state index >= 15 is 0 Å². The predicted octanol–water partition coefficient (Wildman–Crippen LogP) is 10.8. The van der Waals surface area contributed by atoms with E-state index in [-0.39, 0.29) is 0 Å². The Morgan fingerprint density at radius 1 is 0.487 bits per heavy atom. The van der Waals surface area contributed by atoms with Gasteiger partial charge < -0.3 is 4.90 Å². The number of hydrogen-bond acceptors (Lipinski definition) is 1. The molecular formula is C38H37N. The molecule has 0 spiro atoms. The molecule has 5 rings (SSSR count). The van der Waals surface area contributed by atoms with Crippen LogP contribution in [-0.4, -0.2) is 0 Å². The van der Waals surface area contributed by atoms with Crippen molar-refractivity contribution in [1.29, 1.82) is 0 Å². The average Bonchev–Trinajstić information content (AvgIpc) is 3.01. The number of benzene rings is 5. The summed E-state index contributed by atoms with van der Waals surface area (Å²) >= 11 is 0. The van der Waals surface area contributed by atoms with Gasteiger partial charge in [0, 0.05) is 17.1 Å². The normalized spacial score (nSPS) is 12.8. The van der Waals surface area contributed by atoms with E-state index in [1.54, 1.807) is 0 Å². The van der Waals surface area contributed by atoms with Gasteiger partial charge in [-0.2, -0.15) is 0 Å². The van der Waals surface area contributed by atoms with E-state index < -0.39 is 0 Å². The first kappa shape index (κ1) is 26.3. The predicted molar refractivity (Wildman–Crippen MR) is 169 cm³/mol. The lowest BCUT2D eigenvalue weighted by Crippen LogP contribution is -2.09. The zero-order valence-corrected chi connectivity index (χ0v) is 23.2. The summed E-state index contributed by atoms with van der Waals surface area (Å²) < 4.78 is 0. The second kappa shape index (κ2) is 12.5. The van der Waals surface area contributed by atoms with Crippen LogP contribution in [0, 0.1) is 0 Å². The molecule has 0 saturated heterocycles. The fourth-order valence-electron chi connectivity index (χ4n) is 5.08. The average molecular weight is 508 g/mol. The Kier molecular flexibility index (Phi) is 8.39. The van der Waals surface area contributed by atoms with Crippen molar-refractivity contribution in [3.8, 4) is 0 Å². The minimum absolute atomic E-state index is 0.462. The number of aryl methyl sites for hydroxylation is 1. The molecule has 0 aromatic heterocycles. The summed E-state index contributed by atoms with van der Waals surface area (Å²) in [4.78, 5) is 2.31. The SMILES string of the molecule is CCc1ccc(N(c2ccccc2)c2ccc(/C=C/c3ccc(C(C)[C@@H](C)c4ccccc4)cc3)cc2)cc1. The Labute approximate surface area is 234 Å². The van der Waals surface area contributed by atoms with Crippen molar-refractivity contribution < 1.29 is 0 Å². The Balaban J connectivity index is 1.31. The van der Waals surface area contributed by atoms with E-state index in [1.165, 1.54) is 27.8 Å². The summed E-state index contributed by atoms with van der Waals surface area (Å²) in [6.07, 6.45) is 5.43. The van der Waals surface area contributed by atoms with Crippen molar-refractivity contribution in [1.82, 2.24) is 0 Å². The Hall–Kier alpha value is -4.36. The van der Waals surface area contributed by atoms with Crippen LogP contribution in [0.25, 0.3) is 12.2 Å². The summed E-state index contributed by atoms with van der Waals surface area (Å²) in [6.45, 7) is 6.83. The monoisotopic (exact) mass is 507 g/mol. The molecule has 5 aromatic carbocycles. The number of rotatable bonds is 9. The molecule has 0 aliphatic rings. The number of anilines is 3. The summed E-state index contributed by atoms with van der Waals surface area (Å²) in [7, 11) is 0. The first-order chi connectivity index (χ1) is 19.1. The maximum atomic E-state index is 2.32. The molecule has 0 bridgehead atoms. The van der Waals surface area contributed by atoms with Crippen molar-refractivity contribution in [2.45, 2.75) is 39.0 Å². The summed E-state index contributed by atoms with van der Waals surface area (Å²) in [6, 6.07) is 48.0. The fourth-order valence-corrected chi connectivity index (χ4v) is 5.08. The van der Waals surface area contributed by atoms with Gasteiger partial charge in [-0.25, -0.2) is 0 Å². The quantitative estimate of drug-likeness (QED) is 0.179. The third-order valence-electron chi connectivity index (χ3n) is 7.77. The molecule has 1 heteroatoms. The topological polar surface area (TPSA) is 3.24 Å². The van der Waals surface area contributed by atoms with E-state index in [4.69, 9.17) is 0 Å². The first-order valence-corrected chi connectivity index (χ1v) is 14.0. The Morgan fingerprint density at radius 2 is 0.897 bits per heavy atom. The molecule has 0 fully saturated rings. The molecule has 39 heavy (non-hydrogen) atoms. The Bertz CT molecular complexity index is 1470. The van der Waals surface area contributed by atoms with Gasteiger partial charge in [0.1, 0.15) is 0 Å². The van der Waals surface area contributed by atoms with Gasteiger partial charge in [0.25, 0.3) is 0 Å². The largest absolute Gasteiger partial charge is 0.311 e. The van der Waals surface area contributed by atoms with E-state index in [0.29, 0.717) is 11.8 Å². The third-order valence-corrected chi connectivity index (χ3v) is 7.77. The standard InChI is InChI=1S/C38H37N/c1-4-31-19-25-37(26-20-31)39(36-13-9-6-10-14-36)38-27-21-33(22-28-38)16-15-32-17-23-35(24-18-32)30(3)29(2)34-11-7-5-8-12-34/h5-30H,4H2,1-3H3/b16-15+/t29-,30?/m1/s1. The van der Waals surface area contributed by atoms with E-state index in [9.17, 15) is 0 Å². The maximum absolute atomic E-state index is 2.32. The van der Waals surface area contributed by atoms with Gasteiger partial charge in [-0.15, -0.1) is 0 Å². The van der Waals surface area contributed by atoms with Gasteiger partial charge in [-0.1, -0.05) is 130 Å². The zero-order chi connectivity index (χ0) is 27.0. The second-order valence-electron chi connectivity index (χ2n) is 10.3. The van der Waals surface area contributed by atoms with Crippen LogP contribution in [0.3, 0.4) is 0 Å². The van der Waals surface area contributed by atoms with Crippen LogP contribution >= 0.6 is 0 Å². The lowest BCUT2D eigenvalue weighted by Gasteiger charge is -2.25. The smallest absolute Gasteiger partial charge is 0.0462 e. The van der Waals surface area contributed by atoms with Crippen molar-refractivity contribution in [2.75, 3.05) is 4.90 Å². The van der Waals surface area contributed by atoms with E-state index in [2.05, 4.69) is 171 Å². The van der Waals surface area contributed by atoms with Gasteiger partial charge in [0.05, 0.1) is 0 Å². The van der Waals surface area contributed by atoms with Gasteiger partial charge in [0.15, 0.2) is 0 Å². The molecule has 5 aromatic rings. The summed E-state index contributed by atoms with van der Waals surface area (Å²) in [5, 5.41) is 0. The zero-order valence-electron chi connectivity index (χ0n) is 23.2. The first-order valence-electron chi connectivity index (χ1n) is 14.0. The van der Waals surface area contributed by atoms with Crippen molar-refractivity contribution in [3.63, 3.8) is 0 Å². The van der Waals surface area contributed by atoms with Crippen molar-refractivity contribution >= 4 is 29.2 Å². The molecule has 0 radical (unpaired) electrons. The van der Waals surface area contributed by atoms with Crippen molar-refractivity contribution in [3.05, 3.63) is 161 Å².